The number of thiazole rings is 5. The molecule has 1 unspecified atom stereocenters. The Balaban J connectivity index is 0.000000112. The number of alkyl halides is 1. The van der Waals surface area contributed by atoms with Gasteiger partial charge in [0.1, 0.15) is 56.2 Å². The van der Waals surface area contributed by atoms with Crippen LogP contribution >= 0.6 is 113 Å². The first-order chi connectivity index (χ1) is 57.7. The molecule has 18 nitrogen and oxygen atoms in total. The molecule has 29 heteroatoms. The molecule has 7 N–H and O–H groups in total. The molecule has 0 saturated heterocycles. The van der Waals surface area contributed by atoms with Gasteiger partial charge in [0, 0.05) is 130 Å². The van der Waals surface area contributed by atoms with Crippen LogP contribution in [-0.4, -0.2) is 84.0 Å². The lowest BCUT2D eigenvalue weighted by Gasteiger charge is -2.32. The van der Waals surface area contributed by atoms with Gasteiger partial charge in [-0.15, -0.1) is 113 Å². The molecule has 0 radical (unpaired) electrons. The fraction of sp³-hybridized carbons (Fsp3) is 0.341. The molecule has 10 aromatic heterocycles. The number of benzene rings is 5. The van der Waals surface area contributed by atoms with Crippen molar-refractivity contribution in [1.82, 2.24) is 40.5 Å². The van der Waals surface area contributed by atoms with Gasteiger partial charge in [-0.05, 0) is 208 Å². The Hall–Kier alpha value is -8.79. The maximum absolute atomic E-state index is 15.2. The molecule has 0 saturated carbocycles. The van der Waals surface area contributed by atoms with Gasteiger partial charge in [-0.25, -0.2) is 29.3 Å². The predicted octanol–water partition coefficient (Wildman–Crippen LogP) is 24.7. The van der Waals surface area contributed by atoms with Crippen LogP contribution in [0.2, 0.25) is 0 Å². The zero-order valence-corrected chi connectivity index (χ0v) is 77.2. The lowest BCUT2D eigenvalue weighted by atomic mass is 9.95. The van der Waals surface area contributed by atoms with E-state index in [0.29, 0.717) is 47.8 Å². The first kappa shape index (κ1) is 84.8. The molecule has 0 bridgehead atoms. The van der Waals surface area contributed by atoms with Gasteiger partial charge in [0.05, 0.1) is 56.6 Å². The van der Waals surface area contributed by atoms with E-state index in [2.05, 4.69) is 146 Å². The van der Waals surface area contributed by atoms with Crippen LogP contribution in [-0.2, 0) is 69.0 Å². The van der Waals surface area contributed by atoms with Crippen molar-refractivity contribution in [2.45, 2.75) is 197 Å². The highest BCUT2D eigenvalue weighted by molar-refractivity contribution is 7.25. The summed E-state index contributed by atoms with van der Waals surface area (Å²) >= 11 is 16.7. The van der Waals surface area contributed by atoms with Gasteiger partial charge in [-0.2, -0.15) is 0 Å². The summed E-state index contributed by atoms with van der Waals surface area (Å²) in [7, 11) is 0. The number of nitrogens with one attached hydrogen (secondary N) is 7. The van der Waals surface area contributed by atoms with Crippen LogP contribution < -0.4 is 37.2 Å². The van der Waals surface area contributed by atoms with Crippen molar-refractivity contribution in [3.8, 4) is 52.9 Å². The molecule has 0 spiro atoms. The minimum atomic E-state index is -1.08. The van der Waals surface area contributed by atoms with Gasteiger partial charge in [0.2, 0.25) is 29.5 Å². The van der Waals surface area contributed by atoms with Crippen molar-refractivity contribution in [2.24, 2.45) is 0 Å². The number of aryl methyl sites for hydroxylation is 4. The van der Waals surface area contributed by atoms with E-state index < -0.39 is 6.17 Å². The highest BCUT2D eigenvalue weighted by Crippen LogP contribution is 2.54. The number of hydrogen-bond acceptors (Lipinski definition) is 23. The van der Waals surface area contributed by atoms with E-state index in [1.165, 1.54) is 127 Å². The molecule has 15 aromatic rings. The number of halogens is 1. The van der Waals surface area contributed by atoms with E-state index in [0.717, 1.165) is 137 Å². The Bertz CT molecular complexity index is 6170. The monoisotopic (exact) mass is 1790 g/mol. The normalized spacial score (nSPS) is 17.2. The minimum Gasteiger partial charge on any atom is -0.317 e. The maximum Gasteiger partial charge on any atom is 0.221 e. The molecule has 120 heavy (non-hydrogen) atoms. The van der Waals surface area contributed by atoms with Crippen LogP contribution in [0.5, 0.6) is 0 Å². The Morgan fingerprint density at radius 2 is 0.783 bits per heavy atom. The Labute approximate surface area is 737 Å². The predicted molar refractivity (Wildman–Crippen MR) is 508 cm³/mol. The van der Waals surface area contributed by atoms with E-state index >= 15 is 4.39 Å². The van der Waals surface area contributed by atoms with Gasteiger partial charge in [-0.3, -0.25) is 28.9 Å². The number of fused-ring (bicyclic) bond motifs is 10. The average Bonchev–Trinajstić information content (AvgIpc) is 1.63. The molecule has 2 aliphatic carbocycles. The molecule has 620 valence electrons. The second-order valence-electron chi connectivity index (χ2n) is 31.5. The summed E-state index contributed by atoms with van der Waals surface area (Å²) in [5, 5.41) is 31.5. The number of aromatic nitrogens is 5. The van der Waals surface area contributed by atoms with Gasteiger partial charge in [0.25, 0.3) is 0 Å². The highest BCUT2D eigenvalue weighted by atomic mass is 32.1. The largest absolute Gasteiger partial charge is 0.317 e. The van der Waals surface area contributed by atoms with E-state index in [-0.39, 0.29) is 35.6 Å². The second kappa shape index (κ2) is 36.3. The van der Waals surface area contributed by atoms with Crippen LogP contribution in [0.3, 0.4) is 0 Å². The molecule has 5 aliphatic rings. The molecule has 3 aliphatic heterocycles. The molecule has 20 rings (SSSR count). The quantitative estimate of drug-likeness (QED) is 0.0639. The summed E-state index contributed by atoms with van der Waals surface area (Å²) in [6.07, 6.45) is 10.2. The molecular weight excluding hydrogens is 1690 g/mol. The standard InChI is InChI=1S/C19H20FN3OS2.2C18H19N3OS2.2C18H18N2OS2/c1-10(2)23-8-12(20)16-15(9-23)26-18(21-11(3)24)17(16)19-22-13-6-4-5-7-14(13)25-19;2*1-9-8-12-15(18-21-13-6-4-5-7-14(13)23-18)17(20-11(3)22)24-16(12)10(2)19-9;1-10-6-5-9-14-16(10)20-18(23-14)15-12-7-3-4-8-13(12)22-17(15)19-11(2)21;1-10-7-8-13-15(9-10)23-18(20-13)16-12-5-3-4-6-14(12)22-17(16)19-11(2)21/h4-7,10,12H,8-9H2,1-3H3,(H,21,24);2*4-7,9-10,19H,8H2,1-3H3,(H,20,22);5-6,9H,3-4,7-8H2,1-2H3,(H,19,21);7-9H,3-6H2,1-2H3,(H,19,21)/t;2*9-,10+;;/m.10../s1. The molecule has 0 fully saturated rings. The number of anilines is 5. The summed E-state index contributed by atoms with van der Waals surface area (Å²) < 4.78 is 21.0. The minimum absolute atomic E-state index is 0.0119. The number of thiophene rings is 5. The van der Waals surface area contributed by atoms with Crippen LogP contribution in [0.15, 0.2) is 109 Å². The summed E-state index contributed by atoms with van der Waals surface area (Å²) in [5.41, 5.74) is 19.0. The molecular formula is C91H94FN13O5S10. The van der Waals surface area contributed by atoms with E-state index in [1.54, 1.807) is 130 Å². The Morgan fingerprint density at radius 1 is 0.417 bits per heavy atom. The number of rotatable bonds is 11. The van der Waals surface area contributed by atoms with E-state index in [4.69, 9.17) is 24.9 Å². The Morgan fingerprint density at radius 3 is 1.22 bits per heavy atom. The maximum atomic E-state index is 15.2. The van der Waals surface area contributed by atoms with E-state index in [1.807, 2.05) is 60.7 Å². The third kappa shape index (κ3) is 18.2. The Kier molecular flexibility index (Phi) is 25.7. The van der Waals surface area contributed by atoms with Gasteiger partial charge >= 0.3 is 0 Å². The van der Waals surface area contributed by atoms with Gasteiger partial charge in [-0.1, -0.05) is 54.6 Å². The number of amides is 5. The van der Waals surface area contributed by atoms with Crippen LogP contribution in [0, 0.1) is 13.8 Å². The molecule has 5 aromatic carbocycles. The summed E-state index contributed by atoms with van der Waals surface area (Å²) in [6, 6.07) is 38.6. The van der Waals surface area contributed by atoms with Crippen molar-refractivity contribution in [3.05, 3.63) is 173 Å². The first-order valence-electron chi connectivity index (χ1n) is 40.6. The van der Waals surface area contributed by atoms with Crippen LogP contribution in [0.1, 0.15) is 183 Å². The average molecular weight is 1790 g/mol. The number of nitrogens with zero attached hydrogens (tertiary/aromatic N) is 6. The third-order valence-electron chi connectivity index (χ3n) is 21.7. The van der Waals surface area contributed by atoms with Crippen LogP contribution in [0.4, 0.5) is 29.4 Å². The number of hydrogen-bond donors (Lipinski definition) is 7. The summed E-state index contributed by atoms with van der Waals surface area (Å²) in [4.78, 5) is 91.0. The number of carbonyl (C=O) groups excluding carboxylic acids is 5. The van der Waals surface area contributed by atoms with Crippen LogP contribution in [0.25, 0.3) is 104 Å². The fourth-order valence-electron chi connectivity index (χ4n) is 16.4. The number of carbonyl (C=O) groups is 5. The second-order valence-corrected chi connectivity index (χ2v) is 42.1. The third-order valence-corrected chi connectivity index (χ3v) is 33.1. The molecule has 5 amide bonds. The lowest BCUT2D eigenvalue weighted by molar-refractivity contribution is -0.115. The molecule has 5 atom stereocenters. The lowest BCUT2D eigenvalue weighted by Crippen LogP contribution is -2.36. The van der Waals surface area contributed by atoms with Crippen molar-refractivity contribution < 1.29 is 28.4 Å². The summed E-state index contributed by atoms with van der Waals surface area (Å²) in [6.45, 7) is 26.0. The van der Waals surface area contributed by atoms with Crippen molar-refractivity contribution >= 4 is 219 Å². The highest BCUT2D eigenvalue weighted by Gasteiger charge is 2.37. The zero-order chi connectivity index (χ0) is 84.1. The molecule has 13 heterocycles. The number of para-hydroxylation sites is 4. The summed E-state index contributed by atoms with van der Waals surface area (Å²) in [5.74, 6) is -0.250. The first-order valence-corrected chi connectivity index (χ1v) is 48.8. The fourth-order valence-corrected chi connectivity index (χ4v) is 28.7. The SMILES string of the molecule is CC(=O)Nc1sc2c(c1-c1nc3c(C)cccc3s1)CCCC2.CC(=O)Nc1sc2c(c1-c1nc3ccc(C)cc3s1)CCCC2.CC(=O)Nc1sc2c(c1-c1nc3ccccc3s1)C(F)CN(C(C)C)C2.CC(=O)Nc1sc2c(c1-c1nc3ccccc3s1)C[C@@H](C)N[C@H]2C.CC(=O)Nc1sc2c(c1-c1nc3ccccc3s1)C[C@H](C)N[C@@H]2C. The van der Waals surface area contributed by atoms with E-state index in [9.17, 15) is 24.0 Å². The zero-order valence-electron chi connectivity index (χ0n) is 69.0. The van der Waals surface area contributed by atoms with Gasteiger partial charge in [0.15, 0.2) is 0 Å². The van der Waals surface area contributed by atoms with Crippen molar-refractivity contribution in [1.29, 1.82) is 0 Å². The smallest absolute Gasteiger partial charge is 0.221 e. The van der Waals surface area contributed by atoms with Gasteiger partial charge < -0.3 is 37.2 Å². The van der Waals surface area contributed by atoms with Crippen molar-refractivity contribution in [3.63, 3.8) is 0 Å². The topological polar surface area (TPSA) is 237 Å². The van der Waals surface area contributed by atoms with Crippen molar-refractivity contribution in [2.75, 3.05) is 33.1 Å².